The van der Waals surface area contributed by atoms with Gasteiger partial charge in [0, 0.05) is 10.0 Å². The first kappa shape index (κ1) is 17.0. The highest BCUT2D eigenvalue weighted by molar-refractivity contribution is 8.15. The van der Waals surface area contributed by atoms with Crippen molar-refractivity contribution in [2.45, 2.75) is 11.7 Å². The van der Waals surface area contributed by atoms with Crippen molar-refractivity contribution in [2.75, 3.05) is 0 Å². The highest BCUT2D eigenvalue weighted by Crippen LogP contribution is 2.26. The molecule has 2 aromatic carbocycles. The zero-order valence-corrected chi connectivity index (χ0v) is 14.8. The number of carbonyl (C=O) groups is 1. The number of rotatable bonds is 4. The van der Waals surface area contributed by atoms with Gasteiger partial charge >= 0.3 is 0 Å². The summed E-state index contributed by atoms with van der Waals surface area (Å²) in [6, 6.07) is 14.8. The second-order valence-corrected chi connectivity index (χ2v) is 7.13. The first-order valence-electron chi connectivity index (χ1n) is 7.19. The molecule has 0 unspecified atom stereocenters. The Morgan fingerprint density at radius 3 is 2.62 bits per heavy atom. The smallest absolute Gasteiger partial charge is 0.239 e. The maximum atomic E-state index is 12.0. The van der Waals surface area contributed by atoms with E-state index in [9.17, 15) is 4.79 Å². The molecule has 1 N–H and O–H groups in total. The number of halogens is 2. The number of amidine groups is 1. The molecule has 0 spiro atoms. The number of amides is 1. The van der Waals surface area contributed by atoms with Crippen molar-refractivity contribution < 1.29 is 4.79 Å². The Kier molecular flexibility index (Phi) is 5.56. The number of benzene rings is 2. The predicted molar refractivity (Wildman–Crippen MR) is 101 cm³/mol. The topological polar surface area (TPSA) is 53.8 Å². The van der Waals surface area contributed by atoms with Crippen molar-refractivity contribution in [3.05, 3.63) is 69.7 Å². The first-order chi connectivity index (χ1) is 11.6. The molecular weight excluding hydrogens is 365 g/mol. The van der Waals surface area contributed by atoms with Crippen LogP contribution in [0.5, 0.6) is 0 Å². The maximum absolute atomic E-state index is 12.0. The van der Waals surface area contributed by atoms with Gasteiger partial charge < -0.3 is 5.32 Å². The van der Waals surface area contributed by atoms with Crippen molar-refractivity contribution in [3.8, 4) is 0 Å². The summed E-state index contributed by atoms with van der Waals surface area (Å²) in [6.07, 6.45) is 2.16. The lowest BCUT2D eigenvalue weighted by Gasteiger charge is -2.06. The Hall–Kier alpha value is -1.82. The Bertz CT molecular complexity index is 806. The van der Waals surface area contributed by atoms with Gasteiger partial charge in [-0.25, -0.2) is 0 Å². The lowest BCUT2D eigenvalue weighted by Crippen LogP contribution is -2.26. The predicted octanol–water partition coefficient (Wildman–Crippen LogP) is 4.16. The summed E-state index contributed by atoms with van der Waals surface area (Å²) >= 11 is 13.3. The molecule has 0 aromatic heterocycles. The van der Waals surface area contributed by atoms with Crippen molar-refractivity contribution in [2.24, 2.45) is 10.2 Å². The van der Waals surface area contributed by atoms with Crippen LogP contribution in [-0.4, -0.2) is 22.5 Å². The van der Waals surface area contributed by atoms with Crippen LogP contribution in [0, 0.1) is 0 Å². The molecule has 24 heavy (non-hydrogen) atoms. The Labute approximate surface area is 154 Å². The number of carbonyl (C=O) groups excluding carboxylic acids is 1. The van der Waals surface area contributed by atoms with E-state index < -0.39 is 0 Å². The van der Waals surface area contributed by atoms with Gasteiger partial charge in [-0.3, -0.25) is 4.79 Å². The molecule has 1 heterocycles. The van der Waals surface area contributed by atoms with Crippen molar-refractivity contribution >= 4 is 52.3 Å². The van der Waals surface area contributed by atoms with Crippen LogP contribution in [0.3, 0.4) is 0 Å². The van der Waals surface area contributed by atoms with Gasteiger partial charge in [-0.1, -0.05) is 65.3 Å². The van der Waals surface area contributed by atoms with E-state index in [0.717, 1.165) is 11.1 Å². The molecule has 1 saturated heterocycles. The molecule has 0 bridgehead atoms. The second kappa shape index (κ2) is 7.83. The summed E-state index contributed by atoms with van der Waals surface area (Å²) in [7, 11) is 0. The van der Waals surface area contributed by atoms with Gasteiger partial charge in [0.25, 0.3) is 0 Å². The summed E-state index contributed by atoms with van der Waals surface area (Å²) in [6.45, 7) is 0. The van der Waals surface area contributed by atoms with Crippen molar-refractivity contribution in [3.63, 3.8) is 0 Å². The van der Waals surface area contributed by atoms with E-state index in [1.165, 1.54) is 11.8 Å². The Morgan fingerprint density at radius 2 is 1.88 bits per heavy atom. The fraction of sp³-hybridized carbons (Fsp3) is 0.118. The fourth-order valence-corrected chi connectivity index (χ4v) is 3.44. The molecule has 3 rings (SSSR count). The van der Waals surface area contributed by atoms with Gasteiger partial charge in [0.05, 0.1) is 11.5 Å². The normalized spacial score (nSPS) is 19.2. The quantitative estimate of drug-likeness (QED) is 0.642. The molecule has 1 aliphatic rings. The van der Waals surface area contributed by atoms with Crippen LogP contribution in [0.4, 0.5) is 0 Å². The zero-order chi connectivity index (χ0) is 16.9. The number of nitrogens with one attached hydrogen (secondary N) is 1. The van der Waals surface area contributed by atoms with Crippen LogP contribution >= 0.6 is 35.0 Å². The summed E-state index contributed by atoms with van der Waals surface area (Å²) in [4.78, 5) is 12.0. The van der Waals surface area contributed by atoms with E-state index in [1.54, 1.807) is 18.3 Å². The molecule has 7 heteroatoms. The van der Waals surface area contributed by atoms with E-state index in [4.69, 9.17) is 23.2 Å². The van der Waals surface area contributed by atoms with Crippen LogP contribution < -0.4 is 5.32 Å². The molecule has 0 aliphatic carbocycles. The summed E-state index contributed by atoms with van der Waals surface area (Å²) in [5.41, 5.74) is 1.82. The lowest BCUT2D eigenvalue weighted by molar-refractivity contribution is -0.118. The molecule has 1 aliphatic heterocycles. The third-order valence-electron chi connectivity index (χ3n) is 3.36. The minimum Gasteiger partial charge on any atom is -0.303 e. The molecule has 0 radical (unpaired) electrons. The van der Waals surface area contributed by atoms with E-state index in [0.29, 0.717) is 21.6 Å². The van der Waals surface area contributed by atoms with Crippen LogP contribution in [0.1, 0.15) is 11.1 Å². The van der Waals surface area contributed by atoms with Gasteiger partial charge in [-0.15, -0.1) is 5.10 Å². The van der Waals surface area contributed by atoms with E-state index in [1.807, 2.05) is 36.4 Å². The Balaban J connectivity index is 1.63. The number of hydrogen-bond donors (Lipinski definition) is 1. The average Bonchev–Trinajstić information content (AvgIpc) is 2.91. The molecular formula is C17H13Cl2N3OS. The molecule has 1 fully saturated rings. The summed E-state index contributed by atoms with van der Waals surface area (Å²) in [5, 5.41) is 12.4. The molecule has 1 atom stereocenters. The zero-order valence-electron chi connectivity index (χ0n) is 12.4. The van der Waals surface area contributed by atoms with Gasteiger partial charge in [0.2, 0.25) is 5.91 Å². The number of thioether (sulfide) groups is 1. The van der Waals surface area contributed by atoms with E-state index in [-0.39, 0.29) is 11.2 Å². The summed E-state index contributed by atoms with van der Waals surface area (Å²) < 4.78 is 0. The van der Waals surface area contributed by atoms with Crippen LogP contribution in [0.25, 0.3) is 0 Å². The van der Waals surface area contributed by atoms with Gasteiger partial charge in [0.1, 0.15) is 0 Å². The third-order valence-corrected chi connectivity index (χ3v) is 5.06. The average molecular weight is 378 g/mol. The standard InChI is InChI=1S/C17H13Cl2N3OS/c18-13-7-5-11(6-8-13)10-20-22-17-21-16(23)15(24-17)9-12-3-1-2-4-14(12)19/h1-8,10,15H,9H2,(H,21,22,23)/b20-10-/t15-/m0/s1. The maximum Gasteiger partial charge on any atom is 0.239 e. The SMILES string of the molecule is O=C1N/C(=N\N=C/c2ccc(Cl)cc2)S[C@H]1Cc1ccccc1Cl. The van der Waals surface area contributed by atoms with Crippen LogP contribution in [0.15, 0.2) is 58.7 Å². The Morgan fingerprint density at radius 1 is 1.12 bits per heavy atom. The molecule has 1 amide bonds. The van der Waals surface area contributed by atoms with Crippen molar-refractivity contribution in [1.29, 1.82) is 0 Å². The molecule has 4 nitrogen and oxygen atoms in total. The second-order valence-electron chi connectivity index (χ2n) is 5.09. The van der Waals surface area contributed by atoms with Crippen LogP contribution in [-0.2, 0) is 11.2 Å². The summed E-state index contributed by atoms with van der Waals surface area (Å²) in [5.74, 6) is -0.0830. The third kappa shape index (κ3) is 4.38. The molecule has 0 saturated carbocycles. The number of hydrogen-bond acceptors (Lipinski definition) is 4. The minimum absolute atomic E-state index is 0.0830. The van der Waals surface area contributed by atoms with Gasteiger partial charge in [-0.05, 0) is 35.7 Å². The van der Waals surface area contributed by atoms with Crippen LogP contribution in [0.2, 0.25) is 10.0 Å². The molecule has 122 valence electrons. The minimum atomic E-state index is -0.255. The lowest BCUT2D eigenvalue weighted by atomic mass is 10.1. The highest BCUT2D eigenvalue weighted by atomic mass is 35.5. The largest absolute Gasteiger partial charge is 0.303 e. The fourth-order valence-electron chi connectivity index (χ4n) is 2.15. The van der Waals surface area contributed by atoms with Gasteiger partial charge in [0.15, 0.2) is 5.17 Å². The molecule has 2 aromatic rings. The first-order valence-corrected chi connectivity index (χ1v) is 8.83. The van der Waals surface area contributed by atoms with Crippen molar-refractivity contribution in [1.82, 2.24) is 5.32 Å². The highest BCUT2D eigenvalue weighted by Gasteiger charge is 2.30. The van der Waals surface area contributed by atoms with E-state index >= 15 is 0 Å². The number of nitrogens with zero attached hydrogens (tertiary/aromatic N) is 2. The van der Waals surface area contributed by atoms with E-state index in [2.05, 4.69) is 15.5 Å². The van der Waals surface area contributed by atoms with Gasteiger partial charge in [-0.2, -0.15) is 5.10 Å². The monoisotopic (exact) mass is 377 g/mol.